The second kappa shape index (κ2) is 7.36. The van der Waals surface area contributed by atoms with Crippen LogP contribution in [-0.2, 0) is 0 Å². The number of benzene rings is 1. The number of likely N-dealkylation sites (tertiary alicyclic amines) is 2. The molecule has 0 radical (unpaired) electrons. The van der Waals surface area contributed by atoms with Crippen molar-refractivity contribution < 1.29 is 9.59 Å². The lowest BCUT2D eigenvalue weighted by Gasteiger charge is -2.40. The number of pyridine rings is 1. The molecule has 146 valence electrons. The molecule has 4 rings (SSSR count). The Morgan fingerprint density at radius 3 is 2.61 bits per heavy atom. The number of hydrogen-bond donors (Lipinski definition) is 1. The standard InChI is InChI=1S/C22H26N4O2/c1-25-9-7-22(14-25)6-3-8-26(15-22)21(28)17-5-2-4-16(10-17)18-11-19(20(23)27)13-24-12-18/h2,4-5,10-13H,3,6-9,14-15H2,1H3,(H2,23,27)/t22-/m1/s1. The second-order valence-corrected chi connectivity index (χ2v) is 8.23. The van der Waals surface area contributed by atoms with Crippen LogP contribution < -0.4 is 5.73 Å². The van der Waals surface area contributed by atoms with Crippen molar-refractivity contribution in [3.63, 3.8) is 0 Å². The lowest BCUT2D eigenvalue weighted by atomic mass is 9.79. The fourth-order valence-electron chi connectivity index (χ4n) is 4.62. The van der Waals surface area contributed by atoms with Crippen LogP contribution in [0.1, 0.15) is 40.0 Å². The number of hydrogen-bond acceptors (Lipinski definition) is 4. The van der Waals surface area contributed by atoms with Gasteiger partial charge in [-0.25, -0.2) is 0 Å². The highest BCUT2D eigenvalue weighted by Crippen LogP contribution is 2.38. The Morgan fingerprint density at radius 2 is 1.86 bits per heavy atom. The van der Waals surface area contributed by atoms with E-state index >= 15 is 0 Å². The Hall–Kier alpha value is -2.73. The number of amides is 2. The van der Waals surface area contributed by atoms with Crippen molar-refractivity contribution >= 4 is 11.8 Å². The molecule has 2 N–H and O–H groups in total. The maximum absolute atomic E-state index is 13.2. The molecule has 0 saturated carbocycles. The third-order valence-electron chi connectivity index (χ3n) is 6.04. The van der Waals surface area contributed by atoms with Crippen molar-refractivity contribution in [1.82, 2.24) is 14.8 Å². The zero-order valence-electron chi connectivity index (χ0n) is 16.2. The Bertz CT molecular complexity index is 909. The zero-order chi connectivity index (χ0) is 19.7. The number of rotatable bonds is 3. The molecule has 28 heavy (non-hydrogen) atoms. The Labute approximate surface area is 165 Å². The van der Waals surface area contributed by atoms with Crippen LogP contribution in [0.2, 0.25) is 0 Å². The summed E-state index contributed by atoms with van der Waals surface area (Å²) in [6.45, 7) is 3.83. The minimum atomic E-state index is -0.512. The molecule has 1 aromatic carbocycles. The van der Waals surface area contributed by atoms with E-state index < -0.39 is 5.91 Å². The summed E-state index contributed by atoms with van der Waals surface area (Å²) in [5, 5.41) is 0. The third kappa shape index (κ3) is 3.64. The topological polar surface area (TPSA) is 79.5 Å². The molecule has 3 heterocycles. The summed E-state index contributed by atoms with van der Waals surface area (Å²) in [5.74, 6) is -0.434. The van der Waals surface area contributed by atoms with Gasteiger partial charge < -0.3 is 15.5 Å². The smallest absolute Gasteiger partial charge is 0.253 e. The van der Waals surface area contributed by atoms with E-state index in [0.29, 0.717) is 11.1 Å². The van der Waals surface area contributed by atoms with E-state index in [2.05, 4.69) is 16.9 Å². The SMILES string of the molecule is CN1CC[C@]2(CCCN(C(=O)c3cccc(-c4cncc(C(N)=O)c4)c3)C2)C1. The summed E-state index contributed by atoms with van der Waals surface area (Å²) in [4.78, 5) is 33.1. The summed E-state index contributed by atoms with van der Waals surface area (Å²) in [6.07, 6.45) is 6.56. The largest absolute Gasteiger partial charge is 0.366 e. The summed E-state index contributed by atoms with van der Waals surface area (Å²) >= 11 is 0. The lowest BCUT2D eigenvalue weighted by Crippen LogP contribution is -2.47. The van der Waals surface area contributed by atoms with Crippen molar-refractivity contribution in [2.24, 2.45) is 11.1 Å². The molecule has 2 amide bonds. The maximum atomic E-state index is 13.2. The van der Waals surface area contributed by atoms with Crippen molar-refractivity contribution in [3.8, 4) is 11.1 Å². The van der Waals surface area contributed by atoms with Crippen LogP contribution in [0.5, 0.6) is 0 Å². The summed E-state index contributed by atoms with van der Waals surface area (Å²) < 4.78 is 0. The van der Waals surface area contributed by atoms with Gasteiger partial charge >= 0.3 is 0 Å². The van der Waals surface area contributed by atoms with E-state index in [0.717, 1.165) is 43.7 Å². The molecule has 1 atom stereocenters. The van der Waals surface area contributed by atoms with E-state index in [1.165, 1.54) is 19.0 Å². The van der Waals surface area contributed by atoms with Crippen LogP contribution >= 0.6 is 0 Å². The van der Waals surface area contributed by atoms with Crippen LogP contribution in [0.4, 0.5) is 0 Å². The van der Waals surface area contributed by atoms with Gasteiger partial charge in [0.05, 0.1) is 5.56 Å². The Morgan fingerprint density at radius 1 is 1.04 bits per heavy atom. The van der Waals surface area contributed by atoms with Crippen LogP contribution in [0.25, 0.3) is 11.1 Å². The molecule has 0 unspecified atom stereocenters. The van der Waals surface area contributed by atoms with Crippen LogP contribution in [-0.4, -0.2) is 59.8 Å². The summed E-state index contributed by atoms with van der Waals surface area (Å²) in [5.41, 5.74) is 8.27. The molecule has 2 saturated heterocycles. The minimum Gasteiger partial charge on any atom is -0.366 e. The predicted molar refractivity (Wildman–Crippen MR) is 108 cm³/mol. The first-order valence-electron chi connectivity index (χ1n) is 9.79. The monoisotopic (exact) mass is 378 g/mol. The zero-order valence-corrected chi connectivity index (χ0v) is 16.2. The molecule has 2 fully saturated rings. The molecule has 2 aliphatic rings. The van der Waals surface area contributed by atoms with E-state index in [1.54, 1.807) is 12.3 Å². The van der Waals surface area contributed by atoms with Crippen LogP contribution in [0.15, 0.2) is 42.7 Å². The maximum Gasteiger partial charge on any atom is 0.253 e. The van der Waals surface area contributed by atoms with Gasteiger partial charge in [-0.05, 0) is 56.6 Å². The highest BCUT2D eigenvalue weighted by Gasteiger charge is 2.41. The van der Waals surface area contributed by atoms with Gasteiger partial charge in [-0.1, -0.05) is 12.1 Å². The summed E-state index contributed by atoms with van der Waals surface area (Å²) in [7, 11) is 2.16. The molecule has 6 nitrogen and oxygen atoms in total. The van der Waals surface area contributed by atoms with E-state index in [-0.39, 0.29) is 11.3 Å². The highest BCUT2D eigenvalue weighted by atomic mass is 16.2. The van der Waals surface area contributed by atoms with Gasteiger partial charge in [0.1, 0.15) is 0 Å². The van der Waals surface area contributed by atoms with Crippen molar-refractivity contribution in [3.05, 3.63) is 53.9 Å². The number of nitrogens with two attached hydrogens (primary N) is 1. The van der Waals surface area contributed by atoms with Gasteiger partial charge in [-0.15, -0.1) is 0 Å². The second-order valence-electron chi connectivity index (χ2n) is 8.23. The van der Waals surface area contributed by atoms with Gasteiger partial charge in [0.15, 0.2) is 0 Å². The first-order valence-corrected chi connectivity index (χ1v) is 9.79. The number of primary amides is 1. The first kappa shape index (κ1) is 18.6. The van der Waals surface area contributed by atoms with Crippen LogP contribution in [0.3, 0.4) is 0 Å². The number of nitrogens with zero attached hydrogens (tertiary/aromatic N) is 3. The normalized spacial score (nSPS) is 22.5. The molecular formula is C22H26N4O2. The number of carbonyl (C=O) groups is 2. The van der Waals surface area contributed by atoms with Crippen LogP contribution in [0, 0.1) is 5.41 Å². The molecule has 2 aromatic rings. The van der Waals surface area contributed by atoms with E-state index in [9.17, 15) is 9.59 Å². The number of aromatic nitrogens is 1. The van der Waals surface area contributed by atoms with Crippen molar-refractivity contribution in [1.29, 1.82) is 0 Å². The number of carbonyl (C=O) groups excluding carboxylic acids is 2. The number of piperidine rings is 1. The summed E-state index contributed by atoms with van der Waals surface area (Å²) in [6, 6.07) is 9.25. The van der Waals surface area contributed by atoms with Gasteiger partial charge in [-0.2, -0.15) is 0 Å². The fourth-order valence-corrected chi connectivity index (χ4v) is 4.62. The quantitative estimate of drug-likeness (QED) is 0.889. The highest BCUT2D eigenvalue weighted by molar-refractivity contribution is 5.96. The fraction of sp³-hybridized carbons (Fsp3) is 0.409. The van der Waals surface area contributed by atoms with E-state index in [1.807, 2.05) is 29.2 Å². The third-order valence-corrected chi connectivity index (χ3v) is 6.04. The van der Waals surface area contributed by atoms with E-state index in [4.69, 9.17) is 5.73 Å². The molecule has 0 aliphatic carbocycles. The molecule has 2 aliphatic heterocycles. The lowest BCUT2D eigenvalue weighted by molar-refractivity contribution is 0.0534. The first-order chi connectivity index (χ1) is 13.5. The van der Waals surface area contributed by atoms with Crippen molar-refractivity contribution in [2.45, 2.75) is 19.3 Å². The average molecular weight is 378 g/mol. The van der Waals surface area contributed by atoms with Gasteiger partial charge in [0, 0.05) is 48.6 Å². The molecule has 0 bridgehead atoms. The molecule has 1 aromatic heterocycles. The van der Waals surface area contributed by atoms with Gasteiger partial charge in [-0.3, -0.25) is 14.6 Å². The minimum absolute atomic E-state index is 0.0782. The Balaban J connectivity index is 1.56. The predicted octanol–water partition coefficient (Wildman–Crippen LogP) is 2.41. The van der Waals surface area contributed by atoms with Gasteiger partial charge in [0.25, 0.3) is 5.91 Å². The Kier molecular flexibility index (Phi) is 4.89. The van der Waals surface area contributed by atoms with Crippen molar-refractivity contribution in [2.75, 3.05) is 33.2 Å². The molecule has 1 spiro atoms. The average Bonchev–Trinajstić information content (AvgIpc) is 3.07. The molecular weight excluding hydrogens is 352 g/mol. The molecule has 6 heteroatoms. The van der Waals surface area contributed by atoms with Gasteiger partial charge in [0.2, 0.25) is 5.91 Å².